The van der Waals surface area contributed by atoms with Crippen LogP contribution in [0.4, 0.5) is 0 Å². The quantitative estimate of drug-likeness (QED) is 0.802. The summed E-state index contributed by atoms with van der Waals surface area (Å²) in [6, 6.07) is 3.45. The number of carboxylic acid groups (broad SMARTS) is 1. The molecule has 0 spiro atoms. The van der Waals surface area contributed by atoms with Crippen LogP contribution in [0, 0.1) is 12.8 Å². The predicted molar refractivity (Wildman–Crippen MR) is 76.6 cm³/mol. The van der Waals surface area contributed by atoms with Crippen molar-refractivity contribution in [1.29, 1.82) is 0 Å². The summed E-state index contributed by atoms with van der Waals surface area (Å²) in [6.07, 6.45) is 3.80. The molecular weight excluding hydrogens is 256 g/mol. The maximum absolute atomic E-state index is 12.0. The molecule has 0 fully saturated rings. The molecule has 0 aromatic carbocycles. The molecule has 5 heteroatoms. The Labute approximate surface area is 119 Å². The summed E-state index contributed by atoms with van der Waals surface area (Å²) in [4.78, 5) is 26.7. The van der Waals surface area contributed by atoms with Gasteiger partial charge in [0.25, 0.3) is 5.91 Å². The summed E-state index contributed by atoms with van der Waals surface area (Å²) < 4.78 is 0. The van der Waals surface area contributed by atoms with Gasteiger partial charge in [0.1, 0.15) is 0 Å². The normalized spacial score (nSPS) is 13.6. The van der Waals surface area contributed by atoms with Crippen molar-refractivity contribution in [3.63, 3.8) is 0 Å². The number of nitrogens with one attached hydrogen (secondary N) is 1. The first-order valence-corrected chi connectivity index (χ1v) is 6.86. The van der Waals surface area contributed by atoms with E-state index in [0.29, 0.717) is 12.0 Å². The minimum absolute atomic E-state index is 0.0250. The lowest BCUT2D eigenvalue weighted by molar-refractivity contribution is -0.141. The van der Waals surface area contributed by atoms with Gasteiger partial charge in [0.2, 0.25) is 0 Å². The molecule has 1 heterocycles. The number of hydrogen-bond donors (Lipinski definition) is 2. The Morgan fingerprint density at radius 3 is 2.65 bits per heavy atom. The van der Waals surface area contributed by atoms with Crippen molar-refractivity contribution in [2.24, 2.45) is 5.92 Å². The number of nitrogens with zero attached hydrogens (tertiary/aromatic N) is 1. The lowest BCUT2D eigenvalue weighted by Gasteiger charge is -2.14. The van der Waals surface area contributed by atoms with E-state index in [2.05, 4.69) is 10.3 Å². The molecule has 0 bridgehead atoms. The molecule has 1 aromatic rings. The molecule has 2 unspecified atom stereocenters. The van der Waals surface area contributed by atoms with Gasteiger partial charge in [0.05, 0.1) is 5.92 Å². The molecule has 2 N–H and O–H groups in total. The van der Waals surface area contributed by atoms with E-state index in [1.54, 1.807) is 25.3 Å². The van der Waals surface area contributed by atoms with E-state index in [-0.39, 0.29) is 17.9 Å². The Kier molecular flexibility index (Phi) is 6.15. The summed E-state index contributed by atoms with van der Waals surface area (Å²) in [5, 5.41) is 11.7. The van der Waals surface area contributed by atoms with E-state index < -0.39 is 5.97 Å². The maximum Gasteiger partial charge on any atom is 0.306 e. The standard InChI is InChI=1S/C15H22N2O3/c1-10(15(19)20)5-4-6-11(2)17-14(18)13-7-8-16-12(3)9-13/h7-11H,4-6H2,1-3H3,(H,17,18)(H,19,20). The van der Waals surface area contributed by atoms with Crippen LogP contribution in [0.2, 0.25) is 0 Å². The molecule has 0 saturated heterocycles. The van der Waals surface area contributed by atoms with Crippen LogP contribution in [0.1, 0.15) is 49.2 Å². The highest BCUT2D eigenvalue weighted by molar-refractivity contribution is 5.94. The van der Waals surface area contributed by atoms with Crippen LogP contribution in [-0.4, -0.2) is 28.0 Å². The summed E-state index contributed by atoms with van der Waals surface area (Å²) in [5.74, 6) is -1.22. The highest BCUT2D eigenvalue weighted by atomic mass is 16.4. The van der Waals surface area contributed by atoms with Crippen molar-refractivity contribution in [2.45, 2.75) is 46.1 Å². The second-order valence-electron chi connectivity index (χ2n) is 5.23. The average molecular weight is 278 g/mol. The van der Waals surface area contributed by atoms with Gasteiger partial charge < -0.3 is 10.4 Å². The third kappa shape index (κ3) is 5.38. The van der Waals surface area contributed by atoms with Crippen molar-refractivity contribution < 1.29 is 14.7 Å². The van der Waals surface area contributed by atoms with E-state index in [1.165, 1.54) is 0 Å². The predicted octanol–water partition coefficient (Wildman–Crippen LogP) is 2.40. The van der Waals surface area contributed by atoms with E-state index in [1.807, 2.05) is 13.8 Å². The molecule has 110 valence electrons. The van der Waals surface area contributed by atoms with E-state index in [4.69, 9.17) is 5.11 Å². The number of rotatable bonds is 7. The van der Waals surface area contributed by atoms with Gasteiger partial charge in [0, 0.05) is 23.5 Å². The van der Waals surface area contributed by atoms with E-state index in [9.17, 15) is 9.59 Å². The number of carbonyl (C=O) groups is 2. The first-order chi connectivity index (χ1) is 9.40. The third-order valence-electron chi connectivity index (χ3n) is 3.23. The molecule has 1 amide bonds. The zero-order chi connectivity index (χ0) is 15.1. The lowest BCUT2D eigenvalue weighted by Crippen LogP contribution is -2.32. The molecule has 0 radical (unpaired) electrons. The fourth-order valence-electron chi connectivity index (χ4n) is 1.92. The minimum atomic E-state index is -0.769. The first-order valence-electron chi connectivity index (χ1n) is 6.86. The Balaban J connectivity index is 2.37. The molecule has 5 nitrogen and oxygen atoms in total. The van der Waals surface area contributed by atoms with Crippen LogP contribution < -0.4 is 5.32 Å². The Morgan fingerprint density at radius 1 is 1.35 bits per heavy atom. The molecule has 0 saturated carbocycles. The maximum atomic E-state index is 12.0. The molecule has 20 heavy (non-hydrogen) atoms. The Morgan fingerprint density at radius 2 is 2.05 bits per heavy atom. The van der Waals surface area contributed by atoms with Gasteiger partial charge in [0.15, 0.2) is 0 Å². The fourth-order valence-corrected chi connectivity index (χ4v) is 1.92. The zero-order valence-corrected chi connectivity index (χ0v) is 12.2. The number of hydrogen-bond acceptors (Lipinski definition) is 3. The second kappa shape index (κ2) is 7.62. The average Bonchev–Trinajstić information content (AvgIpc) is 2.38. The molecule has 2 atom stereocenters. The van der Waals surface area contributed by atoms with Crippen LogP contribution >= 0.6 is 0 Å². The van der Waals surface area contributed by atoms with Gasteiger partial charge in [-0.15, -0.1) is 0 Å². The van der Waals surface area contributed by atoms with Crippen LogP contribution in [-0.2, 0) is 4.79 Å². The van der Waals surface area contributed by atoms with Gasteiger partial charge in [-0.05, 0) is 38.8 Å². The van der Waals surface area contributed by atoms with Crippen LogP contribution in [0.15, 0.2) is 18.3 Å². The summed E-state index contributed by atoms with van der Waals surface area (Å²) in [5.41, 5.74) is 1.41. The van der Waals surface area contributed by atoms with Gasteiger partial charge in [-0.2, -0.15) is 0 Å². The Bertz CT molecular complexity index is 474. The number of carbonyl (C=O) groups excluding carboxylic acids is 1. The smallest absolute Gasteiger partial charge is 0.306 e. The zero-order valence-electron chi connectivity index (χ0n) is 12.2. The summed E-state index contributed by atoms with van der Waals surface area (Å²) >= 11 is 0. The molecule has 0 aliphatic rings. The SMILES string of the molecule is Cc1cc(C(=O)NC(C)CCCC(C)C(=O)O)ccn1. The number of pyridine rings is 1. The van der Waals surface area contributed by atoms with Crippen LogP contribution in [0.3, 0.4) is 0 Å². The lowest BCUT2D eigenvalue weighted by atomic mass is 10.0. The van der Waals surface area contributed by atoms with Crippen molar-refractivity contribution in [3.05, 3.63) is 29.6 Å². The van der Waals surface area contributed by atoms with Gasteiger partial charge in [-0.3, -0.25) is 14.6 Å². The highest BCUT2D eigenvalue weighted by Crippen LogP contribution is 2.10. The first kappa shape index (κ1) is 16.1. The number of aryl methyl sites for hydroxylation is 1. The van der Waals surface area contributed by atoms with E-state index >= 15 is 0 Å². The highest BCUT2D eigenvalue weighted by Gasteiger charge is 2.13. The summed E-state index contributed by atoms with van der Waals surface area (Å²) in [6.45, 7) is 5.47. The topological polar surface area (TPSA) is 79.3 Å². The minimum Gasteiger partial charge on any atom is -0.481 e. The third-order valence-corrected chi connectivity index (χ3v) is 3.23. The fraction of sp³-hybridized carbons (Fsp3) is 0.533. The van der Waals surface area contributed by atoms with Crippen LogP contribution in [0.25, 0.3) is 0 Å². The van der Waals surface area contributed by atoms with Crippen molar-refractivity contribution in [1.82, 2.24) is 10.3 Å². The summed E-state index contributed by atoms with van der Waals surface area (Å²) in [7, 11) is 0. The molecule has 1 aromatic heterocycles. The van der Waals surface area contributed by atoms with Gasteiger partial charge >= 0.3 is 5.97 Å². The van der Waals surface area contributed by atoms with Crippen molar-refractivity contribution in [3.8, 4) is 0 Å². The number of aromatic nitrogens is 1. The number of amides is 1. The molecule has 0 aliphatic heterocycles. The Hall–Kier alpha value is -1.91. The monoisotopic (exact) mass is 278 g/mol. The van der Waals surface area contributed by atoms with Crippen LogP contribution in [0.5, 0.6) is 0 Å². The number of carboxylic acids is 1. The van der Waals surface area contributed by atoms with Gasteiger partial charge in [-0.25, -0.2) is 0 Å². The van der Waals surface area contributed by atoms with E-state index in [0.717, 1.165) is 18.5 Å². The molecule has 1 rings (SSSR count). The van der Waals surface area contributed by atoms with Crippen molar-refractivity contribution >= 4 is 11.9 Å². The molecular formula is C15H22N2O3. The number of aliphatic carboxylic acids is 1. The second-order valence-corrected chi connectivity index (χ2v) is 5.23. The largest absolute Gasteiger partial charge is 0.481 e. The van der Waals surface area contributed by atoms with Crippen molar-refractivity contribution in [2.75, 3.05) is 0 Å². The molecule has 0 aliphatic carbocycles. The van der Waals surface area contributed by atoms with Gasteiger partial charge in [-0.1, -0.05) is 13.3 Å².